The Morgan fingerprint density at radius 1 is 1.21 bits per heavy atom. The molecule has 1 spiro atoms. The van der Waals surface area contributed by atoms with E-state index in [1.54, 1.807) is 11.1 Å². The van der Waals surface area contributed by atoms with Crippen molar-refractivity contribution in [3.05, 3.63) is 40.6 Å². The number of carbonyl (C=O) groups is 3. The largest absolute Gasteiger partial charge is 0.492 e. The summed E-state index contributed by atoms with van der Waals surface area (Å²) in [6, 6.07) is 3.32. The van der Waals surface area contributed by atoms with Crippen LogP contribution in [-0.2, 0) is 26.3 Å². The Labute approximate surface area is 222 Å². The van der Waals surface area contributed by atoms with Gasteiger partial charge in [-0.25, -0.2) is 0 Å². The summed E-state index contributed by atoms with van der Waals surface area (Å²) < 4.78 is 11.6. The van der Waals surface area contributed by atoms with Gasteiger partial charge in [0.2, 0.25) is 11.8 Å². The van der Waals surface area contributed by atoms with Gasteiger partial charge in [0.25, 0.3) is 5.91 Å². The molecule has 5 aliphatic rings. The van der Waals surface area contributed by atoms with Gasteiger partial charge in [-0.15, -0.1) is 0 Å². The molecule has 10 heteroatoms. The van der Waals surface area contributed by atoms with Gasteiger partial charge in [-0.1, -0.05) is 13.0 Å². The van der Waals surface area contributed by atoms with E-state index in [0.717, 1.165) is 69.1 Å². The van der Waals surface area contributed by atoms with E-state index >= 15 is 0 Å². The molecular formula is C28H35N5O5. The smallest absolute Gasteiger partial charge is 0.255 e. The fraction of sp³-hybridized carbons (Fsp3) is 0.571. The highest BCUT2D eigenvalue weighted by Gasteiger charge is 2.47. The molecule has 10 nitrogen and oxygen atoms in total. The number of aliphatic imine (C=N–C) groups is 1. The van der Waals surface area contributed by atoms with E-state index in [1.807, 2.05) is 18.3 Å². The summed E-state index contributed by atoms with van der Waals surface area (Å²) in [5.74, 6) is -0.0427. The van der Waals surface area contributed by atoms with Crippen LogP contribution in [0, 0.1) is 5.41 Å². The number of nitrogens with one attached hydrogen (secondary N) is 1. The predicted molar refractivity (Wildman–Crippen MR) is 140 cm³/mol. The Morgan fingerprint density at radius 2 is 2.00 bits per heavy atom. The van der Waals surface area contributed by atoms with Gasteiger partial charge in [0, 0.05) is 53.2 Å². The summed E-state index contributed by atoms with van der Waals surface area (Å²) >= 11 is 0. The second-order valence-corrected chi connectivity index (χ2v) is 11.7. The number of benzene rings is 1. The third kappa shape index (κ3) is 4.29. The number of imide groups is 1. The minimum absolute atomic E-state index is 0.0779. The quantitative estimate of drug-likeness (QED) is 0.424. The number of nitrogens with zero attached hydrogens (tertiary/aromatic N) is 3. The lowest BCUT2D eigenvalue weighted by Crippen LogP contribution is -2.52. The lowest BCUT2D eigenvalue weighted by molar-refractivity contribution is -0.136. The third-order valence-corrected chi connectivity index (χ3v) is 8.80. The molecule has 0 aliphatic carbocycles. The monoisotopic (exact) mass is 521 g/mol. The van der Waals surface area contributed by atoms with Gasteiger partial charge in [0.15, 0.2) is 0 Å². The summed E-state index contributed by atoms with van der Waals surface area (Å²) in [4.78, 5) is 45.8. The van der Waals surface area contributed by atoms with Crippen molar-refractivity contribution in [1.82, 2.24) is 15.1 Å². The molecule has 5 aliphatic heterocycles. The van der Waals surface area contributed by atoms with Crippen LogP contribution >= 0.6 is 0 Å². The first-order chi connectivity index (χ1) is 18.3. The first kappa shape index (κ1) is 25.1. The van der Waals surface area contributed by atoms with Crippen molar-refractivity contribution >= 4 is 23.9 Å². The van der Waals surface area contributed by atoms with Crippen LogP contribution in [-0.4, -0.2) is 85.8 Å². The molecule has 3 saturated heterocycles. The summed E-state index contributed by atoms with van der Waals surface area (Å²) in [6.45, 7) is 7.97. The van der Waals surface area contributed by atoms with Gasteiger partial charge in [-0.05, 0) is 50.2 Å². The van der Waals surface area contributed by atoms with Crippen LogP contribution in [0.15, 0.2) is 28.9 Å². The second kappa shape index (κ2) is 9.50. The maximum Gasteiger partial charge on any atom is 0.255 e. The third-order valence-electron chi connectivity index (χ3n) is 8.80. The van der Waals surface area contributed by atoms with Crippen molar-refractivity contribution in [2.45, 2.75) is 50.6 Å². The van der Waals surface area contributed by atoms with Gasteiger partial charge >= 0.3 is 0 Å². The fourth-order valence-corrected chi connectivity index (χ4v) is 6.36. The molecule has 1 aromatic rings. The molecule has 6 rings (SSSR count). The fourth-order valence-electron chi connectivity index (χ4n) is 6.36. The van der Waals surface area contributed by atoms with E-state index < -0.39 is 11.9 Å². The zero-order valence-electron chi connectivity index (χ0n) is 21.8. The standard InChI is InChI=1S/C28H35N5O5/c1-27(15-37-16-27)14-30-11-18(10-29)12-32-8-6-28(7-9-32)17-38-24-20-13-33(22-4-5-23(34)31-25(22)35)26(36)19(20)2-3-21(24)28/h2-3,10-11,22H,4-9,12-17,29H2,1H3,(H,31,34,35)/b18-10+,30-11?. The van der Waals surface area contributed by atoms with Gasteiger partial charge in [0.1, 0.15) is 11.8 Å². The number of ether oxygens (including phenoxy) is 2. The highest BCUT2D eigenvalue weighted by molar-refractivity contribution is 6.05. The summed E-state index contributed by atoms with van der Waals surface area (Å²) in [7, 11) is 0. The zero-order valence-corrected chi connectivity index (χ0v) is 21.8. The molecule has 0 radical (unpaired) electrons. The lowest BCUT2D eigenvalue weighted by Gasteiger charge is -2.38. The molecule has 5 heterocycles. The van der Waals surface area contributed by atoms with Crippen LogP contribution in [0.2, 0.25) is 0 Å². The SMILES string of the molecule is CC1(CN=C/C(=C\N)CN2CCC3(CC2)COc2c3ccc3c2CN(C2CCC(=O)NC2=O)C3=O)COC1. The van der Waals surface area contributed by atoms with Crippen molar-refractivity contribution < 1.29 is 23.9 Å². The molecule has 0 saturated carbocycles. The Morgan fingerprint density at radius 3 is 2.68 bits per heavy atom. The van der Waals surface area contributed by atoms with Gasteiger partial charge in [0.05, 0.1) is 26.4 Å². The summed E-state index contributed by atoms with van der Waals surface area (Å²) in [5, 5.41) is 2.36. The van der Waals surface area contributed by atoms with Crippen molar-refractivity contribution in [2.75, 3.05) is 46.0 Å². The molecule has 38 heavy (non-hydrogen) atoms. The molecular weight excluding hydrogens is 486 g/mol. The zero-order chi connectivity index (χ0) is 26.5. The number of nitrogens with two attached hydrogens (primary N) is 1. The normalized spacial score (nSPS) is 26.3. The number of rotatable bonds is 6. The molecule has 3 N–H and O–H groups in total. The van der Waals surface area contributed by atoms with Crippen LogP contribution in [0.1, 0.15) is 54.1 Å². The van der Waals surface area contributed by atoms with E-state index in [-0.39, 0.29) is 29.1 Å². The Balaban J connectivity index is 1.11. The van der Waals surface area contributed by atoms with Crippen molar-refractivity contribution in [3.8, 4) is 5.75 Å². The van der Waals surface area contributed by atoms with Crippen molar-refractivity contribution in [3.63, 3.8) is 0 Å². The molecule has 0 bridgehead atoms. The molecule has 0 aromatic heterocycles. The average Bonchev–Trinajstić information content (AvgIpc) is 3.41. The van der Waals surface area contributed by atoms with Crippen LogP contribution in [0.25, 0.3) is 0 Å². The van der Waals surface area contributed by atoms with Crippen LogP contribution in [0.5, 0.6) is 5.75 Å². The maximum atomic E-state index is 13.2. The number of likely N-dealkylation sites (tertiary alicyclic amines) is 1. The summed E-state index contributed by atoms with van der Waals surface area (Å²) in [6.07, 6.45) is 6.05. The van der Waals surface area contributed by atoms with E-state index in [0.29, 0.717) is 25.1 Å². The number of hydrogen-bond donors (Lipinski definition) is 2. The highest BCUT2D eigenvalue weighted by atomic mass is 16.5. The first-order valence-electron chi connectivity index (χ1n) is 13.5. The minimum Gasteiger partial charge on any atom is -0.492 e. The molecule has 1 unspecified atom stereocenters. The Kier molecular flexibility index (Phi) is 6.26. The number of fused-ring (bicyclic) bond motifs is 4. The van der Waals surface area contributed by atoms with Gasteiger partial charge in [-0.2, -0.15) is 0 Å². The number of carbonyl (C=O) groups excluding carboxylic acids is 3. The van der Waals surface area contributed by atoms with Gasteiger partial charge < -0.3 is 20.1 Å². The summed E-state index contributed by atoms with van der Waals surface area (Å²) in [5.41, 5.74) is 9.63. The van der Waals surface area contributed by atoms with E-state index in [1.165, 1.54) is 5.56 Å². The van der Waals surface area contributed by atoms with E-state index in [4.69, 9.17) is 15.2 Å². The minimum atomic E-state index is -0.625. The van der Waals surface area contributed by atoms with Crippen LogP contribution in [0.3, 0.4) is 0 Å². The highest BCUT2D eigenvalue weighted by Crippen LogP contribution is 2.49. The van der Waals surface area contributed by atoms with Gasteiger partial charge in [-0.3, -0.25) is 29.6 Å². The number of amides is 3. The first-order valence-corrected chi connectivity index (χ1v) is 13.5. The van der Waals surface area contributed by atoms with Crippen LogP contribution in [0.4, 0.5) is 0 Å². The second-order valence-electron chi connectivity index (χ2n) is 11.7. The maximum absolute atomic E-state index is 13.2. The van der Waals surface area contributed by atoms with Crippen LogP contribution < -0.4 is 15.8 Å². The topological polar surface area (TPSA) is 127 Å². The van der Waals surface area contributed by atoms with Crippen molar-refractivity contribution in [2.24, 2.45) is 16.1 Å². The molecule has 1 aromatic carbocycles. The molecule has 3 amide bonds. The lowest BCUT2D eigenvalue weighted by atomic mass is 9.74. The Bertz CT molecular complexity index is 1230. The average molecular weight is 522 g/mol. The number of hydrogen-bond acceptors (Lipinski definition) is 8. The molecule has 1 atom stereocenters. The number of piperidine rings is 2. The predicted octanol–water partition coefficient (Wildman–Crippen LogP) is 1.12. The van der Waals surface area contributed by atoms with E-state index in [2.05, 4.69) is 22.1 Å². The van der Waals surface area contributed by atoms with E-state index in [9.17, 15) is 14.4 Å². The molecule has 202 valence electrons. The van der Waals surface area contributed by atoms with Crippen molar-refractivity contribution in [1.29, 1.82) is 0 Å². The molecule has 3 fully saturated rings. The Hall–Kier alpha value is -3.24.